The SMILES string of the molecule is CC.CC1(C)c2ccccc2-c2ccc(-c3cccc(-c4cccc(-c5cccc6c7cc8ccccc8cc7n(-c7nc(-c8ccccc8)nc(C89C=Cc%10c(oc%11ccccc%10%11)C8C9)n7)c56)c4)c3)cc21. The minimum Gasteiger partial charge on any atom is -0.460 e. The molecule has 0 saturated heterocycles. The monoisotopic (exact) mass is 926 g/mol. The molecule has 0 aliphatic heterocycles. The molecule has 72 heavy (non-hydrogen) atoms. The Labute approximate surface area is 418 Å². The molecule has 9 aromatic carbocycles. The molecular formula is C67H50N4O. The summed E-state index contributed by atoms with van der Waals surface area (Å²) in [6, 6.07) is 72.5. The average Bonchev–Trinajstić information content (AvgIpc) is 3.88. The third-order valence-corrected chi connectivity index (χ3v) is 15.7. The normalized spacial score (nSPS) is 16.8. The van der Waals surface area contributed by atoms with Gasteiger partial charge in [-0.2, -0.15) is 9.97 Å². The van der Waals surface area contributed by atoms with Crippen LogP contribution in [0.15, 0.2) is 211 Å². The van der Waals surface area contributed by atoms with Crippen LogP contribution in [0.2, 0.25) is 0 Å². The van der Waals surface area contributed by atoms with E-state index in [2.05, 4.69) is 219 Å². The van der Waals surface area contributed by atoms with Crippen molar-refractivity contribution >= 4 is 49.6 Å². The Morgan fingerprint density at radius 1 is 0.500 bits per heavy atom. The molecule has 1 fully saturated rings. The van der Waals surface area contributed by atoms with E-state index in [1.165, 1.54) is 44.3 Å². The number of nitrogens with zero attached hydrogens (tertiary/aromatic N) is 4. The number of aromatic nitrogens is 4. The molecule has 344 valence electrons. The molecule has 3 aliphatic carbocycles. The minimum absolute atomic E-state index is 0.0669. The lowest BCUT2D eigenvalue weighted by molar-refractivity contribution is 0.533. The van der Waals surface area contributed by atoms with Gasteiger partial charge in [0.15, 0.2) is 5.82 Å². The topological polar surface area (TPSA) is 56.7 Å². The Bertz CT molecular complexity index is 4210. The summed E-state index contributed by atoms with van der Waals surface area (Å²) in [5.41, 5.74) is 17.1. The van der Waals surface area contributed by atoms with E-state index in [1.54, 1.807) is 0 Å². The molecule has 0 amide bonds. The van der Waals surface area contributed by atoms with Crippen molar-refractivity contribution in [2.24, 2.45) is 0 Å². The van der Waals surface area contributed by atoms with Crippen LogP contribution in [-0.2, 0) is 10.8 Å². The maximum absolute atomic E-state index is 6.61. The number of fused-ring (bicyclic) bond motifs is 12. The number of hydrogen-bond donors (Lipinski definition) is 0. The maximum atomic E-state index is 6.61. The first-order valence-electron chi connectivity index (χ1n) is 25.3. The van der Waals surface area contributed by atoms with Crippen molar-refractivity contribution in [2.75, 3.05) is 0 Å². The molecule has 3 heterocycles. The van der Waals surface area contributed by atoms with Gasteiger partial charge < -0.3 is 4.42 Å². The van der Waals surface area contributed by atoms with Gasteiger partial charge in [-0.25, -0.2) is 4.98 Å². The Balaban J connectivity index is 0.00000238. The van der Waals surface area contributed by atoms with E-state index in [1.807, 2.05) is 26.0 Å². The van der Waals surface area contributed by atoms with Crippen LogP contribution >= 0.6 is 0 Å². The fraction of sp³-hybridized carbons (Fsp3) is 0.119. The van der Waals surface area contributed by atoms with Gasteiger partial charge in [0.2, 0.25) is 5.95 Å². The Morgan fingerprint density at radius 3 is 1.94 bits per heavy atom. The molecule has 3 aromatic heterocycles. The summed E-state index contributed by atoms with van der Waals surface area (Å²) in [6.07, 6.45) is 5.42. The van der Waals surface area contributed by atoms with Crippen molar-refractivity contribution in [3.05, 3.63) is 235 Å². The fourth-order valence-electron chi connectivity index (χ4n) is 12.1. The highest BCUT2D eigenvalue weighted by atomic mass is 16.3. The molecule has 0 radical (unpaired) electrons. The second-order valence-corrected chi connectivity index (χ2v) is 20.0. The Kier molecular flexibility index (Phi) is 9.34. The first-order chi connectivity index (χ1) is 35.4. The van der Waals surface area contributed by atoms with E-state index in [9.17, 15) is 0 Å². The molecular weight excluding hydrogens is 877 g/mol. The van der Waals surface area contributed by atoms with E-state index in [0.29, 0.717) is 11.8 Å². The van der Waals surface area contributed by atoms with E-state index in [-0.39, 0.29) is 11.3 Å². The van der Waals surface area contributed by atoms with Crippen molar-refractivity contribution in [1.29, 1.82) is 0 Å². The molecule has 15 rings (SSSR count). The van der Waals surface area contributed by atoms with Gasteiger partial charge in [-0.1, -0.05) is 204 Å². The average molecular weight is 927 g/mol. The highest BCUT2D eigenvalue weighted by molar-refractivity contribution is 6.17. The predicted octanol–water partition coefficient (Wildman–Crippen LogP) is 17.3. The summed E-state index contributed by atoms with van der Waals surface area (Å²) in [7, 11) is 0. The molecule has 12 aromatic rings. The third kappa shape index (κ3) is 6.29. The first kappa shape index (κ1) is 42.2. The fourth-order valence-corrected chi connectivity index (χ4v) is 12.1. The van der Waals surface area contributed by atoms with Gasteiger partial charge in [0, 0.05) is 44.2 Å². The van der Waals surface area contributed by atoms with Crippen molar-refractivity contribution in [2.45, 2.75) is 50.9 Å². The van der Waals surface area contributed by atoms with E-state index < -0.39 is 5.41 Å². The zero-order chi connectivity index (χ0) is 48.3. The molecule has 1 saturated carbocycles. The lowest BCUT2D eigenvalue weighted by atomic mass is 9.81. The maximum Gasteiger partial charge on any atom is 0.238 e. The van der Waals surface area contributed by atoms with E-state index in [0.717, 1.165) is 84.0 Å². The summed E-state index contributed by atoms with van der Waals surface area (Å²) in [5.74, 6) is 3.15. The van der Waals surface area contributed by atoms with Crippen LogP contribution in [-0.4, -0.2) is 19.5 Å². The molecule has 3 aliphatic rings. The number of allylic oxidation sites excluding steroid dienone is 1. The van der Waals surface area contributed by atoms with Crippen molar-refractivity contribution in [3.8, 4) is 61.8 Å². The molecule has 0 N–H and O–H groups in total. The van der Waals surface area contributed by atoms with Crippen molar-refractivity contribution in [3.63, 3.8) is 0 Å². The van der Waals surface area contributed by atoms with Crippen LogP contribution in [0.1, 0.15) is 68.3 Å². The Morgan fingerprint density at radius 2 is 1.12 bits per heavy atom. The molecule has 2 atom stereocenters. The number of furan rings is 1. The lowest BCUT2D eigenvalue weighted by Crippen LogP contribution is -2.17. The van der Waals surface area contributed by atoms with Gasteiger partial charge in [0.05, 0.1) is 16.4 Å². The molecule has 0 bridgehead atoms. The van der Waals surface area contributed by atoms with Gasteiger partial charge >= 0.3 is 0 Å². The lowest BCUT2D eigenvalue weighted by Gasteiger charge is -2.22. The van der Waals surface area contributed by atoms with Crippen LogP contribution in [0.25, 0.3) is 111 Å². The van der Waals surface area contributed by atoms with Crippen LogP contribution in [0.4, 0.5) is 0 Å². The summed E-state index contributed by atoms with van der Waals surface area (Å²) < 4.78 is 8.91. The largest absolute Gasteiger partial charge is 0.460 e. The van der Waals surface area contributed by atoms with Gasteiger partial charge in [0.25, 0.3) is 0 Å². The number of benzene rings is 9. The summed E-state index contributed by atoms with van der Waals surface area (Å²) in [5, 5.41) is 5.78. The van der Waals surface area contributed by atoms with Crippen LogP contribution in [0.5, 0.6) is 0 Å². The third-order valence-electron chi connectivity index (χ3n) is 15.7. The zero-order valence-corrected chi connectivity index (χ0v) is 40.7. The van der Waals surface area contributed by atoms with Crippen LogP contribution < -0.4 is 0 Å². The summed E-state index contributed by atoms with van der Waals surface area (Å²) in [4.78, 5) is 16.3. The number of rotatable bonds is 6. The molecule has 5 heteroatoms. The van der Waals surface area contributed by atoms with Crippen LogP contribution in [0, 0.1) is 0 Å². The van der Waals surface area contributed by atoms with E-state index in [4.69, 9.17) is 19.4 Å². The highest BCUT2D eigenvalue weighted by Crippen LogP contribution is 2.65. The highest BCUT2D eigenvalue weighted by Gasteiger charge is 2.61. The Hall–Kier alpha value is -8.67. The van der Waals surface area contributed by atoms with Gasteiger partial charge in [-0.05, 0) is 104 Å². The van der Waals surface area contributed by atoms with Gasteiger partial charge in [-0.15, -0.1) is 0 Å². The molecule has 0 spiro atoms. The zero-order valence-electron chi connectivity index (χ0n) is 40.7. The predicted molar refractivity (Wildman–Crippen MR) is 297 cm³/mol. The number of hydrogen-bond acceptors (Lipinski definition) is 4. The second-order valence-electron chi connectivity index (χ2n) is 20.0. The minimum atomic E-state index is -0.416. The van der Waals surface area contributed by atoms with Crippen molar-refractivity contribution in [1.82, 2.24) is 19.5 Å². The van der Waals surface area contributed by atoms with Gasteiger partial charge in [-0.3, -0.25) is 4.57 Å². The smallest absolute Gasteiger partial charge is 0.238 e. The number of para-hydroxylation sites is 2. The summed E-state index contributed by atoms with van der Waals surface area (Å²) in [6.45, 7) is 8.70. The molecule has 5 nitrogen and oxygen atoms in total. The molecule has 2 unspecified atom stereocenters. The van der Waals surface area contributed by atoms with Gasteiger partial charge in [0.1, 0.15) is 17.2 Å². The standard InChI is InChI=1S/C65H44N4O.C2H6/c1-64(2)54-27-10-8-23-48(54)49-30-29-45(36-55(49)64)41-20-12-19-40(33-41)42-21-13-22-46(34-42)47-25-14-26-51-53-35-43-17-6-7-18-44(43)37-57(53)69(59(47)51)63-67-61(39-15-4-3-5-16-39)66-62(68-63)65-32-31-52-50-24-9-11-28-58(50)70-60(52)56(65)38-65;1-2/h3-37,56H,38H2,1-2H3;1-2H3. The summed E-state index contributed by atoms with van der Waals surface area (Å²) >= 11 is 0. The second kappa shape index (κ2) is 15.9. The van der Waals surface area contributed by atoms with Crippen molar-refractivity contribution < 1.29 is 4.42 Å². The first-order valence-corrected chi connectivity index (χ1v) is 25.3. The van der Waals surface area contributed by atoms with Crippen LogP contribution in [0.3, 0.4) is 0 Å². The quantitative estimate of drug-likeness (QED) is 0.167. The van der Waals surface area contributed by atoms with E-state index >= 15 is 0 Å².